The highest BCUT2D eigenvalue weighted by atomic mass is 16.3. The van der Waals surface area contributed by atoms with E-state index in [1.165, 1.54) is 0 Å². The first-order chi connectivity index (χ1) is 12.6. The van der Waals surface area contributed by atoms with Crippen molar-refractivity contribution in [3.8, 4) is 0 Å². The zero-order valence-corrected chi connectivity index (χ0v) is 16.4. The van der Waals surface area contributed by atoms with Gasteiger partial charge in [-0.1, -0.05) is 25.5 Å². The molecule has 0 bridgehead atoms. The van der Waals surface area contributed by atoms with Gasteiger partial charge >= 0.3 is 0 Å². The van der Waals surface area contributed by atoms with Crippen LogP contribution in [0.5, 0.6) is 0 Å². The Balaban J connectivity index is 1.83. The van der Waals surface area contributed by atoms with Gasteiger partial charge in [-0.15, -0.1) is 0 Å². The third-order valence-corrected chi connectivity index (χ3v) is 8.53. The van der Waals surface area contributed by atoms with Crippen LogP contribution in [0.3, 0.4) is 0 Å². The average Bonchev–Trinajstić information content (AvgIpc) is 2.87. The molecule has 5 heteroatoms. The number of hydrogen-bond acceptors (Lipinski definition) is 5. The van der Waals surface area contributed by atoms with Gasteiger partial charge in [0.15, 0.2) is 11.6 Å². The van der Waals surface area contributed by atoms with E-state index in [2.05, 4.69) is 13.0 Å². The smallest absolute Gasteiger partial charge is 0.190 e. The Labute approximate surface area is 160 Å². The van der Waals surface area contributed by atoms with E-state index in [-0.39, 0.29) is 29.0 Å². The maximum atomic E-state index is 12.4. The summed E-state index contributed by atoms with van der Waals surface area (Å²) in [5.74, 6) is -0.297. The Bertz CT molecular complexity index is 767. The molecule has 2 saturated carbocycles. The minimum atomic E-state index is -1.58. The van der Waals surface area contributed by atoms with Gasteiger partial charge in [-0.3, -0.25) is 9.59 Å². The van der Waals surface area contributed by atoms with Crippen LogP contribution in [0.4, 0.5) is 0 Å². The van der Waals surface area contributed by atoms with Crippen molar-refractivity contribution in [1.82, 2.24) is 0 Å². The molecule has 1 unspecified atom stereocenters. The van der Waals surface area contributed by atoms with E-state index in [0.717, 1.165) is 17.6 Å². The van der Waals surface area contributed by atoms with Crippen molar-refractivity contribution in [3.63, 3.8) is 0 Å². The quantitative estimate of drug-likeness (QED) is 0.687. The van der Waals surface area contributed by atoms with Gasteiger partial charge in [-0.2, -0.15) is 0 Å². The van der Waals surface area contributed by atoms with E-state index >= 15 is 0 Å². The van der Waals surface area contributed by atoms with Crippen LogP contribution in [0.15, 0.2) is 23.3 Å². The zero-order chi connectivity index (χ0) is 19.8. The summed E-state index contributed by atoms with van der Waals surface area (Å²) in [7, 11) is 0. The maximum Gasteiger partial charge on any atom is 0.190 e. The van der Waals surface area contributed by atoms with Crippen LogP contribution in [-0.4, -0.2) is 45.2 Å². The van der Waals surface area contributed by atoms with Crippen molar-refractivity contribution in [3.05, 3.63) is 23.3 Å². The van der Waals surface area contributed by atoms with Crippen LogP contribution in [-0.2, 0) is 9.59 Å². The number of rotatable bonds is 2. The van der Waals surface area contributed by atoms with Crippen molar-refractivity contribution in [2.24, 2.45) is 28.6 Å². The molecule has 0 radical (unpaired) electrons. The van der Waals surface area contributed by atoms with E-state index in [1.54, 1.807) is 6.08 Å². The highest BCUT2D eigenvalue weighted by molar-refractivity contribution is 5.92. The molecule has 148 valence electrons. The summed E-state index contributed by atoms with van der Waals surface area (Å²) in [5, 5.41) is 31.9. The van der Waals surface area contributed by atoms with Crippen LogP contribution >= 0.6 is 0 Å². The molecular weight excluding hydrogens is 344 g/mol. The van der Waals surface area contributed by atoms with Gasteiger partial charge in [-0.25, -0.2) is 0 Å². The van der Waals surface area contributed by atoms with Gasteiger partial charge in [-0.05, 0) is 61.5 Å². The first-order valence-electron chi connectivity index (χ1n) is 10.1. The molecule has 0 amide bonds. The van der Waals surface area contributed by atoms with Gasteiger partial charge in [0.05, 0.1) is 6.10 Å². The number of allylic oxidation sites excluding steroid dienone is 4. The van der Waals surface area contributed by atoms with Crippen LogP contribution in [0.25, 0.3) is 0 Å². The lowest BCUT2D eigenvalue weighted by molar-refractivity contribution is -0.174. The number of carbonyl (C=O) groups excluding carboxylic acids is 2. The van der Waals surface area contributed by atoms with Gasteiger partial charge in [0.2, 0.25) is 0 Å². The number of hydrogen-bond donors (Lipinski definition) is 3. The standard InChI is InChI=1S/C22H30O5/c1-12-8-14-15-5-7-22(27,18(26)11-23)21(15,3)10-17(25)19(14)20(2)6-4-13(24)9-16(12)20/h8-9,14-15,17,19,23,25,27H,4-7,10-11H2,1-3H3/t14-,15-,17?,19+,20-,21-,22-/m0/s1. The summed E-state index contributed by atoms with van der Waals surface area (Å²) in [6.07, 6.45) is 5.84. The van der Waals surface area contributed by atoms with Gasteiger partial charge in [0.25, 0.3) is 0 Å². The molecule has 0 aromatic rings. The number of ketones is 2. The minimum Gasteiger partial charge on any atom is -0.393 e. The third kappa shape index (κ3) is 2.28. The van der Waals surface area contributed by atoms with E-state index in [9.17, 15) is 24.9 Å². The van der Waals surface area contributed by atoms with E-state index in [4.69, 9.17) is 0 Å². The van der Waals surface area contributed by atoms with Gasteiger partial charge in [0.1, 0.15) is 12.2 Å². The molecule has 3 N–H and O–H groups in total. The second kappa shape index (κ2) is 5.85. The molecule has 7 atom stereocenters. The van der Waals surface area contributed by atoms with E-state index in [0.29, 0.717) is 25.7 Å². The number of Topliss-reactive ketones (excluding diaryl/α,β-unsaturated/α-hetero) is 1. The summed E-state index contributed by atoms with van der Waals surface area (Å²) in [4.78, 5) is 24.4. The molecule has 0 aromatic heterocycles. The molecule has 2 fully saturated rings. The molecule has 5 nitrogen and oxygen atoms in total. The molecule has 4 aliphatic carbocycles. The number of fused-ring (bicyclic) bond motifs is 5. The SMILES string of the molecule is CC1=C[C@@H]2[C@H](C(O)C[C@@]3(C)[C@H]2CC[C@]3(O)C(=O)CO)[C@@]2(C)CCC(=O)C=C12. The van der Waals surface area contributed by atoms with Crippen molar-refractivity contribution in [2.45, 2.75) is 64.6 Å². The van der Waals surface area contributed by atoms with Crippen molar-refractivity contribution in [2.75, 3.05) is 6.61 Å². The fourth-order valence-corrected chi connectivity index (χ4v) is 7.14. The number of aliphatic hydroxyl groups is 3. The molecule has 4 aliphatic rings. The second-order valence-corrected chi connectivity index (χ2v) is 9.67. The van der Waals surface area contributed by atoms with E-state index in [1.807, 2.05) is 13.8 Å². The van der Waals surface area contributed by atoms with Crippen molar-refractivity contribution < 1.29 is 24.9 Å². The fraction of sp³-hybridized carbons (Fsp3) is 0.727. The first kappa shape index (κ1) is 19.0. The van der Waals surface area contributed by atoms with Crippen molar-refractivity contribution >= 4 is 11.6 Å². The maximum absolute atomic E-state index is 12.4. The van der Waals surface area contributed by atoms with Crippen LogP contribution in [0.1, 0.15) is 52.9 Å². The highest BCUT2D eigenvalue weighted by Crippen LogP contribution is 2.67. The molecule has 0 aliphatic heterocycles. The topological polar surface area (TPSA) is 94.8 Å². The fourth-order valence-electron chi connectivity index (χ4n) is 7.14. The summed E-state index contributed by atoms with van der Waals surface area (Å²) < 4.78 is 0. The molecule has 0 saturated heterocycles. The largest absolute Gasteiger partial charge is 0.393 e. The normalized spacial score (nSPS) is 48.9. The highest BCUT2D eigenvalue weighted by Gasteiger charge is 2.67. The predicted molar refractivity (Wildman–Crippen MR) is 99.7 cm³/mol. The Morgan fingerprint density at radius 2 is 2.00 bits per heavy atom. The second-order valence-electron chi connectivity index (χ2n) is 9.67. The van der Waals surface area contributed by atoms with Crippen LogP contribution < -0.4 is 0 Å². The summed E-state index contributed by atoms with van der Waals surface area (Å²) in [6.45, 7) is 5.41. The Morgan fingerprint density at radius 3 is 2.67 bits per heavy atom. The predicted octanol–water partition coefficient (Wildman–Crippen LogP) is 1.95. The van der Waals surface area contributed by atoms with Gasteiger partial charge < -0.3 is 15.3 Å². The minimum absolute atomic E-state index is 0.0230. The molecule has 0 aromatic carbocycles. The molecule has 4 rings (SSSR count). The molecule has 27 heavy (non-hydrogen) atoms. The lowest BCUT2D eigenvalue weighted by Gasteiger charge is -2.59. The monoisotopic (exact) mass is 374 g/mol. The summed E-state index contributed by atoms with van der Waals surface area (Å²) in [6, 6.07) is 0. The molecular formula is C22H30O5. The summed E-state index contributed by atoms with van der Waals surface area (Å²) >= 11 is 0. The summed E-state index contributed by atoms with van der Waals surface area (Å²) in [5.41, 5.74) is -0.485. The Morgan fingerprint density at radius 1 is 1.30 bits per heavy atom. The lowest BCUT2D eigenvalue weighted by atomic mass is 9.46. The van der Waals surface area contributed by atoms with Crippen molar-refractivity contribution in [1.29, 1.82) is 0 Å². The Hall–Kier alpha value is -1.30. The first-order valence-corrected chi connectivity index (χ1v) is 10.1. The third-order valence-electron chi connectivity index (χ3n) is 8.53. The van der Waals surface area contributed by atoms with Crippen LogP contribution in [0.2, 0.25) is 0 Å². The van der Waals surface area contributed by atoms with Crippen LogP contribution in [0, 0.1) is 28.6 Å². The van der Waals surface area contributed by atoms with Gasteiger partial charge in [0, 0.05) is 17.8 Å². The average molecular weight is 374 g/mol. The Kier molecular flexibility index (Phi) is 4.12. The van der Waals surface area contributed by atoms with E-state index < -0.39 is 29.5 Å². The zero-order valence-electron chi connectivity index (χ0n) is 16.4. The lowest BCUT2D eigenvalue weighted by Crippen LogP contribution is -2.61. The number of carbonyl (C=O) groups is 2. The number of aliphatic hydroxyl groups excluding tert-OH is 2. The molecule has 0 spiro atoms. The molecule has 0 heterocycles.